The molecule has 26 heteroatoms. The Bertz CT molecular complexity index is 3060. The van der Waals surface area contributed by atoms with Crippen LogP contribution in [0.4, 0.5) is 0 Å². The fraction of sp³-hybridized carbons (Fsp3) is 0.619. The van der Waals surface area contributed by atoms with E-state index in [1.165, 1.54) is 48.2 Å². The number of ketones is 5. The van der Waals surface area contributed by atoms with E-state index < -0.39 is 0 Å². The van der Waals surface area contributed by atoms with Crippen molar-refractivity contribution in [3.63, 3.8) is 0 Å². The summed E-state index contributed by atoms with van der Waals surface area (Å²) in [5.74, 6) is 1.42. The van der Waals surface area contributed by atoms with Crippen molar-refractivity contribution in [2.45, 2.75) is 276 Å². The smallest absolute Gasteiger partial charge is 0.229 e. The first kappa shape index (κ1) is 114. The van der Waals surface area contributed by atoms with Crippen molar-refractivity contribution in [3.8, 4) is 23.0 Å². The third-order valence-electron chi connectivity index (χ3n) is 16.4. The van der Waals surface area contributed by atoms with Gasteiger partial charge in [-0.3, -0.25) is 67.3 Å². The van der Waals surface area contributed by atoms with Gasteiger partial charge in [-0.15, -0.1) is 0 Å². The zero-order valence-electron chi connectivity index (χ0n) is 72.2. The number of carbonyl (C=O) groups is 12. The largest absolute Gasteiger partial charge is 0.504 e. The number of nitrogens with one attached hydrogen (secondary N) is 3. The van der Waals surface area contributed by atoms with Crippen LogP contribution in [0.15, 0.2) is 83.0 Å². The number of phenolic OH excluding ortho intramolecular Hbond substituents is 4. The minimum Gasteiger partial charge on any atom is -0.504 e. The first-order valence-corrected chi connectivity index (χ1v) is 40.7. The average Bonchev–Trinajstić information content (AvgIpc) is 1.73. The number of imide groups is 2. The Kier molecular flexibility index (Phi) is 71.9. The Morgan fingerprint density at radius 2 is 0.764 bits per heavy atom. The molecule has 7 amide bonds. The summed E-state index contributed by atoms with van der Waals surface area (Å²) >= 11 is 3.53. The maximum absolute atomic E-state index is 12.8. The van der Waals surface area contributed by atoms with Gasteiger partial charge in [0, 0.05) is 205 Å². The number of aryl methyl sites for hydroxylation is 2. The molecule has 110 heavy (non-hydrogen) atoms. The van der Waals surface area contributed by atoms with Gasteiger partial charge in [-0.25, -0.2) is 0 Å². The van der Waals surface area contributed by atoms with Gasteiger partial charge < -0.3 is 42.1 Å². The molecule has 9 N–H and O–H groups in total. The molecule has 2 fully saturated rings. The van der Waals surface area contributed by atoms with E-state index in [0.29, 0.717) is 107 Å². The van der Waals surface area contributed by atoms with Crippen molar-refractivity contribution in [2.75, 3.05) is 53.3 Å². The predicted molar refractivity (Wildman–Crippen MR) is 450 cm³/mol. The van der Waals surface area contributed by atoms with E-state index in [1.54, 1.807) is 56.8 Å². The second-order valence-electron chi connectivity index (χ2n) is 25.8. The summed E-state index contributed by atoms with van der Waals surface area (Å²) in [6.45, 7) is 37.5. The van der Waals surface area contributed by atoms with Crippen LogP contribution in [-0.4, -0.2) is 174 Å². The van der Waals surface area contributed by atoms with Crippen LogP contribution in [0.25, 0.3) is 0 Å². The summed E-state index contributed by atoms with van der Waals surface area (Å²) in [5.41, 5.74) is 11.3. The van der Waals surface area contributed by atoms with Gasteiger partial charge in [0.15, 0.2) is 34.6 Å². The zero-order chi connectivity index (χ0) is 86.3. The van der Waals surface area contributed by atoms with Gasteiger partial charge in [0.1, 0.15) is 17.3 Å². The molecule has 2 aliphatic heterocycles. The Hall–Kier alpha value is -6.58. The first-order chi connectivity index (χ1) is 52.0. The molecule has 0 saturated carbocycles. The number of Topliss-reactive ketones (excluding diaryl/α,β-unsaturated/α-hetero) is 5. The van der Waals surface area contributed by atoms with Gasteiger partial charge in [0.05, 0.1) is 0 Å². The molecule has 0 bridgehead atoms. The molecular formula is C84H141BN6O16S2U. The molecule has 0 aromatic heterocycles. The van der Waals surface area contributed by atoms with Crippen LogP contribution in [0.2, 0.25) is 0 Å². The molecule has 2 unspecified atom stereocenters. The number of allylic oxidation sites excluding steroid dienone is 8. The number of rotatable bonds is 31. The average molecular weight is 1810 g/mol. The van der Waals surface area contributed by atoms with Gasteiger partial charge in [0.25, 0.3) is 0 Å². The monoisotopic (exact) mass is 1800 g/mol. The summed E-state index contributed by atoms with van der Waals surface area (Å²) < 4.78 is 5.25. The van der Waals surface area contributed by atoms with Gasteiger partial charge >= 0.3 is 0 Å². The van der Waals surface area contributed by atoms with E-state index in [2.05, 4.69) is 90.2 Å². The van der Waals surface area contributed by atoms with Gasteiger partial charge in [-0.1, -0.05) is 147 Å². The number of benzene rings is 2. The van der Waals surface area contributed by atoms with Crippen molar-refractivity contribution >= 4 is 102 Å². The molecule has 2 atom stereocenters. The zero-order valence-corrected chi connectivity index (χ0v) is 77.0. The third kappa shape index (κ3) is 52.6. The van der Waals surface area contributed by atoms with Crippen LogP contribution in [0.5, 0.6) is 23.0 Å². The molecule has 622 valence electrons. The number of likely N-dealkylation sites (tertiary alicyclic amines) is 2. The van der Waals surface area contributed by atoms with E-state index >= 15 is 0 Å². The fourth-order valence-electron chi connectivity index (χ4n) is 10.7. The number of phenols is 4. The molecular weight excluding hydrogens is 1660 g/mol. The number of hydrogen-bond acceptors (Lipinski definition) is 19. The second kappa shape index (κ2) is 69.2. The Labute approximate surface area is 696 Å². The third-order valence-corrected chi connectivity index (χ3v) is 18.9. The number of nitrogens with two attached hydrogens (primary N) is 1. The van der Waals surface area contributed by atoms with Crippen LogP contribution in [0.3, 0.4) is 0 Å². The van der Waals surface area contributed by atoms with Crippen molar-refractivity contribution in [1.82, 2.24) is 25.8 Å². The van der Waals surface area contributed by atoms with Crippen LogP contribution in [-0.2, 0) is 70.4 Å². The van der Waals surface area contributed by atoms with Crippen LogP contribution >= 0.6 is 23.5 Å². The molecule has 2 saturated heterocycles. The van der Waals surface area contributed by atoms with Crippen LogP contribution < -0.4 is 21.7 Å². The van der Waals surface area contributed by atoms with E-state index in [9.17, 15) is 67.7 Å². The van der Waals surface area contributed by atoms with Crippen molar-refractivity contribution in [3.05, 3.63) is 94.1 Å². The topological polar surface area (TPSA) is 354 Å². The fourth-order valence-corrected chi connectivity index (χ4v) is 12.5. The summed E-state index contributed by atoms with van der Waals surface area (Å²) in [6, 6.07) is 9.26. The Morgan fingerprint density at radius 3 is 1.01 bits per heavy atom. The maximum Gasteiger partial charge on any atom is 0.229 e. The van der Waals surface area contributed by atoms with Crippen LogP contribution in [0, 0.1) is 41.9 Å². The standard InChI is InChI=1S/C21H33NO3S.C15H25NOS.2C14H19NO4.2C5H7NO2.5C2H6.BH.U/c1-15-8-6-12-21(3,4)20(15)18(24)14-16(2)26-13-7-9-17(23)10-11-19(25)22-5;1-11-6-5-7-15(3,4)14(11)13(17)10-12(2)18-9-8-16;2*1-15-14(19)8-6-11(16)4-2-3-10-5-7-12(17)13(18)9-10;2*1-6-4(7)2-3-5(6)8;5*1-2;;/h6,8,16H,7,9-14H2,1-5H3,(H,22,25);5-6,12H,7-10,16H2,1-4H3;2*5,7,9,17-18H,2-4,6,8H2,1H3,(H,15,19);2*2-3H2,1H3;5*1-2H3;1H;/i;;;;;;;;;;;1D;. The summed E-state index contributed by atoms with van der Waals surface area (Å²) in [4.78, 5) is 137. The SMILES string of the molecule is CC.CC.CC.CC.CC.CC1=C(C(=O)CC(C)SCCN)C(C)(C)CC=C1.CN1C(=O)CCC1=O.CN1C(=O)CCC1=O.CNC(=O)CCC(=O)CCCSC(C)CC(=O)C1=C(C)C=CCC1(C)C.CNC(=O)CCC(=O)CCCc1ccc(O)c(O)c1.CNC(=O)CCC(=O)CCCc1ccc(O)c(O)c1.[2H][B].[U]. The van der Waals surface area contributed by atoms with Crippen LogP contribution in [0.1, 0.15) is 264 Å². The Balaban J connectivity index is -0.000000234. The molecule has 22 nitrogen and oxygen atoms in total. The molecule has 2 aromatic carbocycles. The molecule has 2 radical (unpaired) electrons. The summed E-state index contributed by atoms with van der Waals surface area (Å²) in [6.07, 6.45) is 19.4. The quantitative estimate of drug-likeness (QED) is 0.0150. The number of aromatic hydroxyl groups is 4. The number of hydrogen-bond donors (Lipinski definition) is 8. The van der Waals surface area contributed by atoms with E-state index in [1.807, 2.05) is 83.1 Å². The summed E-state index contributed by atoms with van der Waals surface area (Å²) in [5, 5.41) is 45.0. The minimum atomic E-state index is -0.150. The molecule has 0 spiro atoms. The number of amides is 7. The molecule has 2 aliphatic carbocycles. The number of thioether (sulfide) groups is 2. The van der Waals surface area contributed by atoms with Crippen molar-refractivity contribution < 1.29 is 109 Å². The summed E-state index contributed by atoms with van der Waals surface area (Å²) in [7, 11) is 11.4. The molecule has 2 heterocycles. The predicted octanol–water partition coefficient (Wildman–Crippen LogP) is 14.6. The van der Waals surface area contributed by atoms with Gasteiger partial charge in [0.2, 0.25) is 41.4 Å². The minimum absolute atomic E-state index is 0. The normalized spacial score (nSPS) is 14.1. The Morgan fingerprint density at radius 1 is 0.482 bits per heavy atom. The van der Waals surface area contributed by atoms with E-state index in [4.69, 9.17) is 17.3 Å². The molecule has 6 rings (SSSR count). The van der Waals surface area contributed by atoms with Gasteiger partial charge in [-0.05, 0) is 123 Å². The molecule has 2 aromatic rings. The van der Waals surface area contributed by atoms with Gasteiger partial charge in [-0.2, -0.15) is 23.5 Å². The van der Waals surface area contributed by atoms with E-state index in [-0.39, 0.29) is 167 Å². The molecule has 4 aliphatic rings. The van der Waals surface area contributed by atoms with E-state index in [0.717, 1.165) is 64.2 Å². The first-order valence-electron chi connectivity index (χ1n) is 39.1. The van der Waals surface area contributed by atoms with Crippen molar-refractivity contribution in [2.24, 2.45) is 16.6 Å². The van der Waals surface area contributed by atoms with Crippen molar-refractivity contribution in [1.29, 1.82) is 1.34 Å². The second-order valence-corrected chi connectivity index (χ2v) is 28.9. The number of nitrogens with zero attached hydrogens (tertiary/aromatic N) is 2. The number of carbonyl (C=O) groups excluding carboxylic acids is 12. The maximum atomic E-state index is 12.8.